The van der Waals surface area contributed by atoms with Crippen LogP contribution in [0.2, 0.25) is 0 Å². The Kier molecular flexibility index (Phi) is 6.84. The Labute approximate surface area is 183 Å². The van der Waals surface area contributed by atoms with Crippen LogP contribution >= 0.6 is 11.3 Å². The highest BCUT2D eigenvalue weighted by Crippen LogP contribution is 2.33. The molecular weight excluding hydrogens is 396 g/mol. The molecule has 2 aliphatic rings. The second kappa shape index (κ2) is 9.19. The van der Waals surface area contributed by atoms with E-state index in [1.807, 2.05) is 13.8 Å². The Morgan fingerprint density at radius 1 is 1.40 bits per heavy atom. The fourth-order valence-corrected chi connectivity index (χ4v) is 5.22. The van der Waals surface area contributed by atoms with Crippen molar-refractivity contribution in [1.29, 1.82) is 5.26 Å². The number of aromatic nitrogens is 1. The molecule has 162 valence electrons. The number of likely N-dealkylation sites (N-methyl/N-ethyl adjacent to an activating group) is 1. The summed E-state index contributed by atoms with van der Waals surface area (Å²) in [5.41, 5.74) is 2.64. The lowest BCUT2D eigenvalue weighted by Crippen LogP contribution is -2.58. The van der Waals surface area contributed by atoms with Gasteiger partial charge in [0, 0.05) is 55.0 Å². The number of amides is 1. The molecule has 1 aromatic rings. The number of allylic oxidation sites excluding steroid dienone is 1. The molecule has 1 saturated heterocycles. The standard InChI is InChI=1S/C22H32N6OS/c1-15(21-26-18-6-10-27(5)13-20(18)30-21)25-19-12-28(11-7-17(19)24-14-29)16(2)22(3,4)8-9-23/h14,17,19,25H,1-2,6-8,10-13H2,3-5H3,(H,24,29)/t17-,19+/m0/s1. The minimum Gasteiger partial charge on any atom is -0.377 e. The van der Waals surface area contributed by atoms with Crippen LogP contribution < -0.4 is 10.6 Å². The van der Waals surface area contributed by atoms with Gasteiger partial charge in [-0.2, -0.15) is 5.26 Å². The van der Waals surface area contributed by atoms with Crippen molar-refractivity contribution in [2.75, 3.05) is 26.7 Å². The highest BCUT2D eigenvalue weighted by Gasteiger charge is 2.34. The van der Waals surface area contributed by atoms with E-state index >= 15 is 0 Å². The third-order valence-electron chi connectivity index (χ3n) is 6.12. The first-order valence-corrected chi connectivity index (χ1v) is 11.2. The van der Waals surface area contributed by atoms with Crippen molar-refractivity contribution in [2.24, 2.45) is 5.41 Å². The molecule has 8 heteroatoms. The van der Waals surface area contributed by atoms with Gasteiger partial charge >= 0.3 is 0 Å². The lowest BCUT2D eigenvalue weighted by atomic mass is 9.84. The van der Waals surface area contributed by atoms with E-state index < -0.39 is 0 Å². The molecule has 1 aromatic heterocycles. The molecule has 1 amide bonds. The van der Waals surface area contributed by atoms with Crippen LogP contribution in [-0.2, 0) is 17.8 Å². The summed E-state index contributed by atoms with van der Waals surface area (Å²) in [6, 6.07) is 2.25. The van der Waals surface area contributed by atoms with Crippen molar-refractivity contribution < 1.29 is 4.79 Å². The van der Waals surface area contributed by atoms with Crippen LogP contribution in [0.15, 0.2) is 18.9 Å². The monoisotopic (exact) mass is 428 g/mol. The van der Waals surface area contributed by atoms with Gasteiger partial charge in [-0.25, -0.2) is 4.98 Å². The Balaban J connectivity index is 1.72. The number of nitrogens with one attached hydrogen (secondary N) is 2. The Morgan fingerprint density at radius 3 is 2.87 bits per heavy atom. The number of thiazole rings is 1. The van der Waals surface area contributed by atoms with Crippen molar-refractivity contribution in [3.63, 3.8) is 0 Å². The third-order valence-corrected chi connectivity index (χ3v) is 7.26. The first-order valence-electron chi connectivity index (χ1n) is 10.4. The number of rotatable bonds is 8. The quantitative estimate of drug-likeness (QED) is 0.619. The molecule has 0 saturated carbocycles. The van der Waals surface area contributed by atoms with Crippen LogP contribution in [0, 0.1) is 16.7 Å². The molecule has 2 N–H and O–H groups in total. The van der Waals surface area contributed by atoms with Gasteiger partial charge < -0.3 is 20.4 Å². The van der Waals surface area contributed by atoms with Crippen molar-refractivity contribution in [3.8, 4) is 6.07 Å². The van der Waals surface area contributed by atoms with Gasteiger partial charge in [-0.05, 0) is 13.5 Å². The number of piperidine rings is 1. The molecule has 7 nitrogen and oxygen atoms in total. The maximum Gasteiger partial charge on any atom is 0.207 e. The highest BCUT2D eigenvalue weighted by molar-refractivity contribution is 7.12. The van der Waals surface area contributed by atoms with Crippen LogP contribution in [0.3, 0.4) is 0 Å². The largest absolute Gasteiger partial charge is 0.377 e. The lowest BCUT2D eigenvalue weighted by Gasteiger charge is -2.44. The van der Waals surface area contributed by atoms with Crippen LogP contribution in [0.5, 0.6) is 0 Å². The fourth-order valence-electron chi connectivity index (χ4n) is 4.10. The highest BCUT2D eigenvalue weighted by atomic mass is 32.1. The summed E-state index contributed by atoms with van der Waals surface area (Å²) in [5, 5.41) is 16.6. The second-order valence-corrected chi connectivity index (χ2v) is 9.98. The van der Waals surface area contributed by atoms with Gasteiger partial charge in [0.2, 0.25) is 6.41 Å². The average molecular weight is 429 g/mol. The zero-order valence-corrected chi connectivity index (χ0v) is 19.0. The van der Waals surface area contributed by atoms with Gasteiger partial charge in [-0.15, -0.1) is 11.3 Å². The normalized spacial score (nSPS) is 22.0. The van der Waals surface area contributed by atoms with E-state index in [0.717, 1.165) is 55.3 Å². The van der Waals surface area contributed by atoms with E-state index in [1.54, 1.807) is 11.3 Å². The number of hydrogen-bond donors (Lipinski definition) is 2. The second-order valence-electron chi connectivity index (χ2n) is 8.90. The van der Waals surface area contributed by atoms with Gasteiger partial charge in [-0.1, -0.05) is 27.0 Å². The molecule has 0 spiro atoms. The van der Waals surface area contributed by atoms with Crippen molar-refractivity contribution in [1.82, 2.24) is 25.4 Å². The van der Waals surface area contributed by atoms with Crippen LogP contribution in [0.1, 0.15) is 42.3 Å². The first-order chi connectivity index (χ1) is 14.2. The third kappa shape index (κ3) is 4.85. The number of hydrogen-bond acceptors (Lipinski definition) is 7. The number of carbonyl (C=O) groups excluding carboxylic acids is 1. The van der Waals surface area contributed by atoms with Crippen LogP contribution in [0.4, 0.5) is 0 Å². The number of nitriles is 1. The zero-order chi connectivity index (χ0) is 21.9. The maximum atomic E-state index is 11.2. The average Bonchev–Trinajstić information content (AvgIpc) is 3.12. The minimum atomic E-state index is -0.290. The Hall–Kier alpha value is -2.37. The number of likely N-dealkylation sites (tertiary alicyclic amines) is 1. The topological polar surface area (TPSA) is 84.3 Å². The SMILES string of the molecule is C=C(N[C@@H]1CN(C(=C)C(C)(C)CC#N)CC[C@@H]1NC=O)c1nc2c(s1)CN(C)CC2. The van der Waals surface area contributed by atoms with Gasteiger partial charge in [0.25, 0.3) is 0 Å². The van der Waals surface area contributed by atoms with E-state index in [4.69, 9.17) is 10.2 Å². The molecular formula is C22H32N6OS. The molecule has 3 rings (SSSR count). The lowest BCUT2D eigenvalue weighted by molar-refractivity contribution is -0.110. The van der Waals surface area contributed by atoms with Crippen LogP contribution in [-0.4, -0.2) is 60.0 Å². The smallest absolute Gasteiger partial charge is 0.207 e. The molecule has 1 fully saturated rings. The Morgan fingerprint density at radius 2 is 2.17 bits per heavy atom. The van der Waals surface area contributed by atoms with Gasteiger partial charge in [0.05, 0.1) is 29.5 Å². The zero-order valence-electron chi connectivity index (χ0n) is 18.2. The molecule has 0 bridgehead atoms. The Bertz CT molecular complexity index is 854. The van der Waals surface area contributed by atoms with Gasteiger partial charge in [-0.3, -0.25) is 4.79 Å². The van der Waals surface area contributed by atoms with Crippen molar-refractivity contribution >= 4 is 23.4 Å². The number of nitrogens with zero attached hydrogens (tertiary/aromatic N) is 4. The molecule has 30 heavy (non-hydrogen) atoms. The predicted octanol–water partition coefficient (Wildman–Crippen LogP) is 2.33. The molecule has 3 heterocycles. The van der Waals surface area contributed by atoms with E-state index in [-0.39, 0.29) is 17.5 Å². The molecule has 2 aliphatic heterocycles. The minimum absolute atomic E-state index is 0.00287. The van der Waals surface area contributed by atoms with E-state index in [1.165, 1.54) is 10.6 Å². The summed E-state index contributed by atoms with van der Waals surface area (Å²) < 4.78 is 0. The molecule has 0 unspecified atom stereocenters. The molecule has 0 radical (unpaired) electrons. The summed E-state index contributed by atoms with van der Waals surface area (Å²) in [4.78, 5) is 21.8. The van der Waals surface area contributed by atoms with Gasteiger partial charge in [0.15, 0.2) is 0 Å². The summed E-state index contributed by atoms with van der Waals surface area (Å²) in [6.07, 6.45) is 2.95. The summed E-state index contributed by atoms with van der Waals surface area (Å²) in [6.45, 7) is 16.1. The molecule has 0 aliphatic carbocycles. The van der Waals surface area contributed by atoms with E-state index in [0.29, 0.717) is 13.0 Å². The van der Waals surface area contributed by atoms with Crippen LogP contribution in [0.25, 0.3) is 5.70 Å². The van der Waals surface area contributed by atoms with E-state index in [2.05, 4.69) is 46.7 Å². The van der Waals surface area contributed by atoms with E-state index in [9.17, 15) is 4.79 Å². The summed E-state index contributed by atoms with van der Waals surface area (Å²) >= 11 is 1.70. The summed E-state index contributed by atoms with van der Waals surface area (Å²) in [7, 11) is 2.13. The first kappa shape index (κ1) is 22.3. The maximum absolute atomic E-state index is 11.2. The molecule has 0 aromatic carbocycles. The number of carbonyl (C=O) groups is 1. The van der Waals surface area contributed by atoms with Gasteiger partial charge in [0.1, 0.15) is 5.01 Å². The predicted molar refractivity (Wildman–Crippen MR) is 120 cm³/mol. The number of fused-ring (bicyclic) bond motifs is 1. The van der Waals surface area contributed by atoms with Crippen molar-refractivity contribution in [2.45, 2.75) is 51.7 Å². The fraction of sp³-hybridized carbons (Fsp3) is 0.591. The summed E-state index contributed by atoms with van der Waals surface area (Å²) in [5.74, 6) is 0. The molecule has 2 atom stereocenters. The van der Waals surface area contributed by atoms with Crippen molar-refractivity contribution in [3.05, 3.63) is 34.4 Å².